The Morgan fingerprint density at radius 3 is 2.56 bits per heavy atom. The molecule has 0 aromatic heterocycles. The van der Waals surface area contributed by atoms with Gasteiger partial charge in [0.1, 0.15) is 6.10 Å². The summed E-state index contributed by atoms with van der Waals surface area (Å²) < 4.78 is 0. The van der Waals surface area contributed by atoms with Gasteiger partial charge < -0.3 is 0 Å². The number of rotatable bonds is 3. The lowest BCUT2D eigenvalue weighted by Crippen LogP contribution is -2.29. The van der Waals surface area contributed by atoms with E-state index < -0.39 is 5.97 Å². The lowest BCUT2D eigenvalue weighted by molar-refractivity contribution is -0.290. The van der Waals surface area contributed by atoms with Crippen molar-refractivity contribution in [1.82, 2.24) is 0 Å². The molecule has 18 heavy (non-hydrogen) atoms. The molecule has 0 N–H and O–H groups in total. The molecule has 0 radical (unpaired) electrons. The fourth-order valence-electron chi connectivity index (χ4n) is 2.51. The van der Waals surface area contributed by atoms with Gasteiger partial charge in [-0.1, -0.05) is 32.0 Å². The van der Waals surface area contributed by atoms with Crippen LogP contribution in [-0.4, -0.2) is 12.1 Å². The third-order valence-electron chi connectivity index (χ3n) is 3.61. The van der Waals surface area contributed by atoms with Crippen LogP contribution in [0, 0.1) is 11.8 Å². The third kappa shape index (κ3) is 3.33. The lowest BCUT2D eigenvalue weighted by Gasteiger charge is -2.30. The smallest absolute Gasteiger partial charge is 0.293 e. The van der Waals surface area contributed by atoms with E-state index in [1.54, 1.807) is 12.1 Å². The van der Waals surface area contributed by atoms with Crippen molar-refractivity contribution in [2.45, 2.75) is 39.2 Å². The molecule has 1 aromatic carbocycles. The summed E-state index contributed by atoms with van der Waals surface area (Å²) in [6.07, 6.45) is 3.27. The predicted molar refractivity (Wildman–Crippen MR) is 68.9 cm³/mol. The second-order valence-corrected chi connectivity index (χ2v) is 5.27. The first-order valence-corrected chi connectivity index (χ1v) is 6.59. The van der Waals surface area contributed by atoms with Crippen LogP contribution in [0.15, 0.2) is 30.3 Å². The fourth-order valence-corrected chi connectivity index (χ4v) is 2.51. The Kier molecular flexibility index (Phi) is 4.37. The molecular formula is C15H20O3. The highest BCUT2D eigenvalue weighted by Gasteiger charge is 2.28. The van der Waals surface area contributed by atoms with E-state index in [1.807, 2.05) is 18.2 Å². The standard InChI is InChI=1S/C15H20O3/c1-11-8-9-14(12(2)10-11)17-18-15(16)13-6-4-3-5-7-13/h3-7,11-12,14H,8-10H2,1-2H3. The first kappa shape index (κ1) is 13.1. The number of carbonyl (C=O) groups excluding carboxylic acids is 1. The number of hydrogen-bond donors (Lipinski definition) is 0. The Hall–Kier alpha value is -1.35. The van der Waals surface area contributed by atoms with Crippen LogP contribution < -0.4 is 0 Å². The van der Waals surface area contributed by atoms with Gasteiger partial charge in [-0.05, 0) is 43.2 Å². The second kappa shape index (κ2) is 6.01. The minimum absolute atomic E-state index is 0.0360. The van der Waals surface area contributed by atoms with Crippen molar-refractivity contribution in [3.8, 4) is 0 Å². The molecule has 0 aliphatic heterocycles. The summed E-state index contributed by atoms with van der Waals surface area (Å²) in [5, 5.41) is 0. The topological polar surface area (TPSA) is 35.5 Å². The highest BCUT2D eigenvalue weighted by molar-refractivity contribution is 5.88. The molecule has 1 aromatic rings. The summed E-state index contributed by atoms with van der Waals surface area (Å²) in [5.41, 5.74) is 0.523. The van der Waals surface area contributed by atoms with Gasteiger partial charge in [0.2, 0.25) is 0 Å². The number of hydrogen-bond acceptors (Lipinski definition) is 3. The van der Waals surface area contributed by atoms with Gasteiger partial charge >= 0.3 is 5.97 Å². The van der Waals surface area contributed by atoms with E-state index in [0.717, 1.165) is 25.2 Å². The molecule has 1 fully saturated rings. The summed E-state index contributed by atoms with van der Waals surface area (Å²) in [6, 6.07) is 8.92. The zero-order valence-electron chi connectivity index (χ0n) is 11.0. The molecule has 3 atom stereocenters. The van der Waals surface area contributed by atoms with E-state index in [2.05, 4.69) is 13.8 Å². The molecule has 0 bridgehead atoms. The molecule has 3 unspecified atom stereocenters. The van der Waals surface area contributed by atoms with Gasteiger partial charge in [-0.15, -0.1) is 0 Å². The second-order valence-electron chi connectivity index (χ2n) is 5.27. The largest absolute Gasteiger partial charge is 0.373 e. The Balaban J connectivity index is 1.83. The first-order valence-electron chi connectivity index (χ1n) is 6.59. The van der Waals surface area contributed by atoms with Gasteiger partial charge in [-0.25, -0.2) is 4.79 Å². The van der Waals surface area contributed by atoms with E-state index in [-0.39, 0.29) is 6.10 Å². The Labute approximate surface area is 108 Å². The highest BCUT2D eigenvalue weighted by Crippen LogP contribution is 2.30. The molecule has 0 saturated heterocycles. The molecular weight excluding hydrogens is 228 g/mol. The predicted octanol–water partition coefficient (Wildman–Crippen LogP) is 3.60. The highest BCUT2D eigenvalue weighted by atomic mass is 17.2. The van der Waals surface area contributed by atoms with Crippen LogP contribution in [0.4, 0.5) is 0 Å². The minimum atomic E-state index is -0.415. The van der Waals surface area contributed by atoms with Crippen molar-refractivity contribution in [1.29, 1.82) is 0 Å². The molecule has 0 heterocycles. The molecule has 0 amide bonds. The minimum Gasteiger partial charge on any atom is -0.293 e. The monoisotopic (exact) mass is 248 g/mol. The third-order valence-corrected chi connectivity index (χ3v) is 3.61. The van der Waals surface area contributed by atoms with Crippen LogP contribution in [0.25, 0.3) is 0 Å². The lowest BCUT2D eigenvalue weighted by atomic mass is 9.81. The molecule has 3 nitrogen and oxygen atoms in total. The van der Waals surface area contributed by atoms with Crippen LogP contribution in [0.1, 0.15) is 43.5 Å². The summed E-state index contributed by atoms with van der Waals surface area (Å²) in [6.45, 7) is 4.40. The van der Waals surface area contributed by atoms with E-state index in [4.69, 9.17) is 9.78 Å². The van der Waals surface area contributed by atoms with E-state index in [9.17, 15) is 4.79 Å². The van der Waals surface area contributed by atoms with E-state index in [1.165, 1.54) is 0 Å². The van der Waals surface area contributed by atoms with Crippen LogP contribution in [-0.2, 0) is 9.78 Å². The van der Waals surface area contributed by atoms with E-state index >= 15 is 0 Å². The molecule has 1 aliphatic rings. The maximum atomic E-state index is 11.7. The molecule has 0 spiro atoms. The summed E-state index contributed by atoms with van der Waals surface area (Å²) in [4.78, 5) is 22.0. The Morgan fingerprint density at radius 1 is 1.17 bits per heavy atom. The van der Waals surface area contributed by atoms with Gasteiger partial charge in [-0.3, -0.25) is 4.89 Å². The maximum Gasteiger partial charge on any atom is 0.373 e. The molecule has 98 valence electrons. The van der Waals surface area contributed by atoms with Crippen LogP contribution in [0.5, 0.6) is 0 Å². The van der Waals surface area contributed by atoms with E-state index in [0.29, 0.717) is 11.5 Å². The van der Waals surface area contributed by atoms with Crippen molar-refractivity contribution in [3.05, 3.63) is 35.9 Å². The van der Waals surface area contributed by atoms with Crippen LogP contribution in [0.3, 0.4) is 0 Å². The van der Waals surface area contributed by atoms with Crippen molar-refractivity contribution in [2.24, 2.45) is 11.8 Å². The fraction of sp³-hybridized carbons (Fsp3) is 0.533. The zero-order valence-corrected chi connectivity index (χ0v) is 11.0. The van der Waals surface area contributed by atoms with Crippen LogP contribution in [0.2, 0.25) is 0 Å². The summed E-state index contributed by atoms with van der Waals surface area (Å²) in [7, 11) is 0. The Bertz CT molecular complexity index is 388. The summed E-state index contributed by atoms with van der Waals surface area (Å²) in [5.74, 6) is 0.767. The van der Waals surface area contributed by atoms with Gasteiger partial charge in [-0.2, -0.15) is 4.89 Å². The van der Waals surface area contributed by atoms with Crippen molar-refractivity contribution >= 4 is 5.97 Å². The maximum absolute atomic E-state index is 11.7. The van der Waals surface area contributed by atoms with Gasteiger partial charge in [0.15, 0.2) is 0 Å². The molecule has 1 aliphatic carbocycles. The van der Waals surface area contributed by atoms with Gasteiger partial charge in [0.25, 0.3) is 0 Å². The van der Waals surface area contributed by atoms with Crippen molar-refractivity contribution < 1.29 is 14.6 Å². The number of carbonyl (C=O) groups is 1. The molecule has 2 rings (SSSR count). The van der Waals surface area contributed by atoms with Crippen LogP contribution >= 0.6 is 0 Å². The van der Waals surface area contributed by atoms with Gasteiger partial charge in [0, 0.05) is 0 Å². The van der Waals surface area contributed by atoms with Crippen molar-refractivity contribution in [2.75, 3.05) is 0 Å². The first-order chi connectivity index (χ1) is 8.66. The zero-order chi connectivity index (χ0) is 13.0. The molecule has 3 heteroatoms. The molecule has 1 saturated carbocycles. The van der Waals surface area contributed by atoms with Crippen molar-refractivity contribution in [3.63, 3.8) is 0 Å². The Morgan fingerprint density at radius 2 is 1.89 bits per heavy atom. The summed E-state index contributed by atoms with van der Waals surface area (Å²) >= 11 is 0. The average molecular weight is 248 g/mol. The SMILES string of the molecule is CC1CCC(OOC(=O)c2ccccc2)C(C)C1. The van der Waals surface area contributed by atoms with Gasteiger partial charge in [0.05, 0.1) is 5.56 Å². The number of benzene rings is 1. The normalized spacial score (nSPS) is 27.8. The quantitative estimate of drug-likeness (QED) is 0.605. The average Bonchev–Trinajstić information content (AvgIpc) is 2.38.